The second kappa shape index (κ2) is 2.76. The zero-order valence-corrected chi connectivity index (χ0v) is 6.74. The van der Waals surface area contributed by atoms with Crippen molar-refractivity contribution in [2.45, 2.75) is 44.3 Å². The summed E-state index contributed by atoms with van der Waals surface area (Å²) in [4.78, 5) is 0. The first-order valence-corrected chi connectivity index (χ1v) is 4.63. The first kappa shape index (κ1) is 7.56. The van der Waals surface area contributed by atoms with Crippen molar-refractivity contribution in [2.24, 2.45) is 11.8 Å². The number of hydrogen-bond acceptors (Lipinski definition) is 2. The number of fused-ring (bicyclic) bond motifs is 2. The van der Waals surface area contributed by atoms with Gasteiger partial charge in [-0.2, -0.15) is 0 Å². The number of aliphatic hydroxyl groups excluding tert-OH is 2. The standard InChI is InChI=1S/C9H16O2/c10-8-3-1-6-5-7(8)2-4-9(6)11/h6-11H,1-5H2/t6-,7+,8+,9-. The Kier molecular flexibility index (Phi) is 1.90. The van der Waals surface area contributed by atoms with Gasteiger partial charge in [-0.25, -0.2) is 0 Å². The Morgan fingerprint density at radius 2 is 1.18 bits per heavy atom. The van der Waals surface area contributed by atoms with Crippen LogP contribution in [0.5, 0.6) is 0 Å². The average Bonchev–Trinajstić information content (AvgIpc) is 2.02. The predicted octanol–water partition coefficient (Wildman–Crippen LogP) is 0.918. The molecular weight excluding hydrogens is 140 g/mol. The van der Waals surface area contributed by atoms with Crippen LogP contribution >= 0.6 is 0 Å². The molecule has 64 valence electrons. The molecule has 0 spiro atoms. The highest BCUT2D eigenvalue weighted by molar-refractivity contribution is 4.88. The molecule has 0 aromatic rings. The lowest BCUT2D eigenvalue weighted by atomic mass is 9.69. The maximum absolute atomic E-state index is 9.53. The molecule has 0 amide bonds. The average molecular weight is 156 g/mol. The van der Waals surface area contributed by atoms with E-state index in [1.807, 2.05) is 0 Å². The Labute approximate surface area is 67.2 Å². The van der Waals surface area contributed by atoms with Gasteiger partial charge in [0.1, 0.15) is 0 Å². The lowest BCUT2D eigenvalue weighted by Crippen LogP contribution is -2.39. The van der Waals surface area contributed by atoms with Crippen molar-refractivity contribution in [3.8, 4) is 0 Å². The summed E-state index contributed by atoms with van der Waals surface area (Å²) in [6, 6.07) is 0. The highest BCUT2D eigenvalue weighted by Crippen LogP contribution is 2.39. The third-order valence-electron chi connectivity index (χ3n) is 3.36. The molecule has 0 unspecified atom stereocenters. The van der Waals surface area contributed by atoms with Crippen LogP contribution in [0.25, 0.3) is 0 Å². The van der Waals surface area contributed by atoms with E-state index in [1.165, 1.54) is 0 Å². The van der Waals surface area contributed by atoms with Gasteiger partial charge in [0.2, 0.25) is 0 Å². The fourth-order valence-corrected chi connectivity index (χ4v) is 2.56. The van der Waals surface area contributed by atoms with Crippen molar-refractivity contribution < 1.29 is 10.2 Å². The molecule has 4 atom stereocenters. The summed E-state index contributed by atoms with van der Waals surface area (Å²) in [5.41, 5.74) is 0. The van der Waals surface area contributed by atoms with Crippen LogP contribution in [-0.4, -0.2) is 22.4 Å². The van der Waals surface area contributed by atoms with E-state index in [4.69, 9.17) is 0 Å². The van der Waals surface area contributed by atoms with Crippen LogP contribution in [-0.2, 0) is 0 Å². The third kappa shape index (κ3) is 1.30. The molecule has 2 aliphatic carbocycles. The maximum Gasteiger partial charge on any atom is 0.0568 e. The molecule has 2 aliphatic rings. The highest BCUT2D eigenvalue weighted by Gasteiger charge is 2.36. The van der Waals surface area contributed by atoms with Gasteiger partial charge in [0.05, 0.1) is 12.2 Å². The van der Waals surface area contributed by atoms with E-state index in [0.29, 0.717) is 11.8 Å². The lowest BCUT2D eigenvalue weighted by Gasteiger charge is -2.40. The Hall–Kier alpha value is -0.0800. The summed E-state index contributed by atoms with van der Waals surface area (Å²) in [5.74, 6) is 0.995. The van der Waals surface area contributed by atoms with Crippen LogP contribution in [0, 0.1) is 11.8 Å². The molecule has 0 aromatic heterocycles. The van der Waals surface area contributed by atoms with Crippen molar-refractivity contribution >= 4 is 0 Å². The minimum Gasteiger partial charge on any atom is -0.393 e. The second-order valence-corrected chi connectivity index (χ2v) is 4.05. The first-order chi connectivity index (χ1) is 5.27. The molecule has 2 nitrogen and oxygen atoms in total. The Bertz CT molecular complexity index is 130. The van der Waals surface area contributed by atoms with Crippen LogP contribution in [0.3, 0.4) is 0 Å². The molecule has 0 aromatic carbocycles. The van der Waals surface area contributed by atoms with Gasteiger partial charge in [0.25, 0.3) is 0 Å². The molecule has 11 heavy (non-hydrogen) atoms. The smallest absolute Gasteiger partial charge is 0.0568 e. The molecular formula is C9H16O2. The van der Waals surface area contributed by atoms with Crippen LogP contribution in [0.4, 0.5) is 0 Å². The van der Waals surface area contributed by atoms with Crippen LogP contribution in [0.1, 0.15) is 32.1 Å². The molecule has 0 saturated heterocycles. The topological polar surface area (TPSA) is 40.5 Å². The fraction of sp³-hybridized carbons (Fsp3) is 1.00. The summed E-state index contributed by atoms with van der Waals surface area (Å²) < 4.78 is 0. The molecule has 2 fully saturated rings. The molecule has 2 heteroatoms. The number of rotatable bonds is 0. The van der Waals surface area contributed by atoms with Crippen LogP contribution in [0.15, 0.2) is 0 Å². The summed E-state index contributed by atoms with van der Waals surface area (Å²) in [6.45, 7) is 0. The van der Waals surface area contributed by atoms with Gasteiger partial charge >= 0.3 is 0 Å². The fourth-order valence-electron chi connectivity index (χ4n) is 2.56. The molecule has 0 aliphatic heterocycles. The molecule has 2 bridgehead atoms. The highest BCUT2D eigenvalue weighted by atomic mass is 16.3. The molecule has 2 rings (SSSR count). The van der Waals surface area contributed by atoms with Gasteiger partial charge in [-0.15, -0.1) is 0 Å². The van der Waals surface area contributed by atoms with E-state index in [0.717, 1.165) is 32.1 Å². The van der Waals surface area contributed by atoms with Crippen molar-refractivity contribution in [1.29, 1.82) is 0 Å². The normalized spacial score (nSPS) is 50.7. The van der Waals surface area contributed by atoms with E-state index in [-0.39, 0.29) is 12.2 Å². The van der Waals surface area contributed by atoms with E-state index in [1.54, 1.807) is 0 Å². The quantitative estimate of drug-likeness (QED) is 0.547. The van der Waals surface area contributed by atoms with Crippen LogP contribution < -0.4 is 0 Å². The van der Waals surface area contributed by atoms with Gasteiger partial charge in [-0.05, 0) is 43.9 Å². The monoisotopic (exact) mass is 156 g/mol. The lowest BCUT2D eigenvalue weighted by molar-refractivity contribution is -0.0381. The second-order valence-electron chi connectivity index (χ2n) is 4.05. The van der Waals surface area contributed by atoms with Crippen molar-refractivity contribution in [3.05, 3.63) is 0 Å². The van der Waals surface area contributed by atoms with E-state index in [2.05, 4.69) is 0 Å². The van der Waals surface area contributed by atoms with Gasteiger partial charge in [0.15, 0.2) is 0 Å². The summed E-state index contributed by atoms with van der Waals surface area (Å²) in [5, 5.41) is 19.1. The zero-order chi connectivity index (χ0) is 7.84. The molecule has 0 heterocycles. The van der Waals surface area contributed by atoms with Crippen molar-refractivity contribution in [1.82, 2.24) is 0 Å². The van der Waals surface area contributed by atoms with Crippen molar-refractivity contribution in [3.63, 3.8) is 0 Å². The summed E-state index contributed by atoms with van der Waals surface area (Å²) in [6.07, 6.45) is 4.79. The van der Waals surface area contributed by atoms with Gasteiger partial charge in [0, 0.05) is 0 Å². The van der Waals surface area contributed by atoms with Crippen LogP contribution in [0.2, 0.25) is 0 Å². The van der Waals surface area contributed by atoms with E-state index < -0.39 is 0 Å². The van der Waals surface area contributed by atoms with E-state index in [9.17, 15) is 10.2 Å². The van der Waals surface area contributed by atoms with Gasteiger partial charge < -0.3 is 10.2 Å². The van der Waals surface area contributed by atoms with E-state index >= 15 is 0 Å². The number of aliphatic hydroxyl groups is 2. The molecule has 2 N–H and O–H groups in total. The first-order valence-electron chi connectivity index (χ1n) is 4.63. The SMILES string of the molecule is O[C@@H]1CC[C@H]2C[C@H]1CC[C@@H]2O. The minimum absolute atomic E-state index is 0.0706. The van der Waals surface area contributed by atoms with Gasteiger partial charge in [-0.3, -0.25) is 0 Å². The number of hydrogen-bond donors (Lipinski definition) is 2. The molecule has 0 radical (unpaired) electrons. The maximum atomic E-state index is 9.53. The predicted molar refractivity (Wildman–Crippen MR) is 42.1 cm³/mol. The Morgan fingerprint density at radius 3 is 1.64 bits per heavy atom. The minimum atomic E-state index is -0.0706. The largest absolute Gasteiger partial charge is 0.393 e. The van der Waals surface area contributed by atoms with Crippen molar-refractivity contribution in [2.75, 3.05) is 0 Å². The third-order valence-corrected chi connectivity index (χ3v) is 3.36. The zero-order valence-electron chi connectivity index (χ0n) is 6.74. The summed E-state index contributed by atoms with van der Waals surface area (Å²) >= 11 is 0. The Morgan fingerprint density at radius 1 is 0.727 bits per heavy atom. The summed E-state index contributed by atoms with van der Waals surface area (Å²) in [7, 11) is 0. The van der Waals surface area contributed by atoms with Gasteiger partial charge in [-0.1, -0.05) is 0 Å². The Balaban J connectivity index is 2.02. The molecule has 2 saturated carbocycles.